The molecule has 16 heavy (non-hydrogen) atoms. The first kappa shape index (κ1) is 11.3. The lowest BCUT2D eigenvalue weighted by atomic mass is 10.2. The van der Waals surface area contributed by atoms with E-state index in [1.807, 2.05) is 6.20 Å². The molecule has 0 aromatic carbocycles. The van der Waals surface area contributed by atoms with Crippen molar-refractivity contribution in [2.45, 2.75) is 39.3 Å². The third kappa shape index (κ3) is 2.70. The molecule has 1 saturated carbocycles. The minimum absolute atomic E-state index is 0.459. The zero-order valence-electron chi connectivity index (χ0n) is 10.1. The number of nitrogens with zero attached hydrogens (tertiary/aromatic N) is 3. The molecule has 0 spiro atoms. The molecule has 0 amide bonds. The van der Waals surface area contributed by atoms with Crippen LogP contribution in [0.15, 0.2) is 12.4 Å². The lowest BCUT2D eigenvalue weighted by Crippen LogP contribution is -2.31. The molecule has 1 heterocycles. The Hall–Kier alpha value is -1.16. The van der Waals surface area contributed by atoms with Crippen LogP contribution in [0.4, 0.5) is 5.82 Å². The van der Waals surface area contributed by atoms with Crippen LogP contribution in [0, 0.1) is 5.92 Å². The number of anilines is 1. The first-order valence-electron chi connectivity index (χ1n) is 5.98. The topological polar surface area (TPSA) is 55.0 Å². The quantitative estimate of drug-likeness (QED) is 0.818. The van der Waals surface area contributed by atoms with E-state index in [1.54, 1.807) is 6.20 Å². The van der Waals surface area contributed by atoms with E-state index < -0.39 is 0 Å². The van der Waals surface area contributed by atoms with Gasteiger partial charge in [0.15, 0.2) is 0 Å². The second kappa shape index (κ2) is 4.78. The van der Waals surface area contributed by atoms with Crippen molar-refractivity contribution in [1.82, 2.24) is 9.97 Å². The Balaban J connectivity index is 2.16. The van der Waals surface area contributed by atoms with E-state index in [-0.39, 0.29) is 0 Å². The minimum Gasteiger partial charge on any atom is -0.352 e. The number of hydrogen-bond donors (Lipinski definition) is 1. The SMILES string of the molecule is CC(C)CN(c1cncc(CN)n1)C1CC1. The summed E-state index contributed by atoms with van der Waals surface area (Å²) < 4.78 is 0. The second-order valence-corrected chi connectivity index (χ2v) is 4.85. The molecule has 2 rings (SSSR count). The van der Waals surface area contributed by atoms with Crippen LogP contribution in [0.2, 0.25) is 0 Å². The van der Waals surface area contributed by atoms with Crippen molar-refractivity contribution in [2.75, 3.05) is 11.4 Å². The maximum atomic E-state index is 5.59. The Labute approximate surface area is 96.9 Å². The van der Waals surface area contributed by atoms with Crippen LogP contribution in [-0.2, 0) is 6.54 Å². The Kier molecular flexibility index (Phi) is 3.39. The molecule has 0 unspecified atom stereocenters. The van der Waals surface area contributed by atoms with Gasteiger partial charge in [-0.15, -0.1) is 0 Å². The van der Waals surface area contributed by atoms with E-state index in [4.69, 9.17) is 5.73 Å². The minimum atomic E-state index is 0.459. The van der Waals surface area contributed by atoms with Gasteiger partial charge in [-0.1, -0.05) is 13.8 Å². The highest BCUT2D eigenvalue weighted by molar-refractivity contribution is 5.39. The molecular formula is C12H20N4. The van der Waals surface area contributed by atoms with Gasteiger partial charge in [-0.3, -0.25) is 4.98 Å². The van der Waals surface area contributed by atoms with Gasteiger partial charge in [0.25, 0.3) is 0 Å². The predicted octanol–water partition coefficient (Wildman–Crippen LogP) is 1.56. The molecule has 2 N–H and O–H groups in total. The van der Waals surface area contributed by atoms with Crippen molar-refractivity contribution in [3.8, 4) is 0 Å². The first-order chi connectivity index (χ1) is 7.70. The molecule has 0 saturated heterocycles. The molecule has 1 fully saturated rings. The summed E-state index contributed by atoms with van der Waals surface area (Å²) in [5, 5.41) is 0. The van der Waals surface area contributed by atoms with E-state index >= 15 is 0 Å². The lowest BCUT2D eigenvalue weighted by Gasteiger charge is -2.25. The van der Waals surface area contributed by atoms with Crippen LogP contribution >= 0.6 is 0 Å². The van der Waals surface area contributed by atoms with Crippen molar-refractivity contribution in [1.29, 1.82) is 0 Å². The highest BCUT2D eigenvalue weighted by Gasteiger charge is 2.30. The fourth-order valence-corrected chi connectivity index (χ4v) is 1.84. The van der Waals surface area contributed by atoms with Crippen LogP contribution in [-0.4, -0.2) is 22.6 Å². The lowest BCUT2D eigenvalue weighted by molar-refractivity contribution is 0.601. The van der Waals surface area contributed by atoms with Gasteiger partial charge < -0.3 is 10.6 Å². The van der Waals surface area contributed by atoms with Crippen LogP contribution < -0.4 is 10.6 Å². The summed E-state index contributed by atoms with van der Waals surface area (Å²) >= 11 is 0. The van der Waals surface area contributed by atoms with Crippen LogP contribution in [0.3, 0.4) is 0 Å². The summed E-state index contributed by atoms with van der Waals surface area (Å²) in [4.78, 5) is 11.1. The zero-order chi connectivity index (χ0) is 11.5. The zero-order valence-corrected chi connectivity index (χ0v) is 10.1. The molecule has 1 aromatic rings. The number of hydrogen-bond acceptors (Lipinski definition) is 4. The maximum Gasteiger partial charge on any atom is 0.147 e. The standard InChI is InChI=1S/C12H20N4/c1-9(2)8-16(11-3-4-11)12-7-14-6-10(5-13)15-12/h6-7,9,11H,3-5,8,13H2,1-2H3. The third-order valence-electron chi connectivity index (χ3n) is 2.72. The summed E-state index contributed by atoms with van der Waals surface area (Å²) in [5.41, 5.74) is 6.46. The van der Waals surface area contributed by atoms with E-state index in [1.165, 1.54) is 12.8 Å². The molecule has 0 radical (unpaired) electrons. The van der Waals surface area contributed by atoms with Gasteiger partial charge in [-0.05, 0) is 18.8 Å². The van der Waals surface area contributed by atoms with E-state index in [0.717, 1.165) is 18.1 Å². The van der Waals surface area contributed by atoms with Crippen molar-refractivity contribution in [2.24, 2.45) is 11.7 Å². The predicted molar refractivity (Wildman–Crippen MR) is 65.1 cm³/mol. The number of nitrogens with two attached hydrogens (primary N) is 1. The molecule has 88 valence electrons. The Morgan fingerprint density at radius 2 is 2.19 bits per heavy atom. The highest BCUT2D eigenvalue weighted by atomic mass is 15.2. The van der Waals surface area contributed by atoms with Crippen LogP contribution in [0.25, 0.3) is 0 Å². The second-order valence-electron chi connectivity index (χ2n) is 4.85. The molecule has 4 nitrogen and oxygen atoms in total. The summed E-state index contributed by atoms with van der Waals surface area (Å²) in [6, 6.07) is 0.671. The van der Waals surface area contributed by atoms with Crippen molar-refractivity contribution >= 4 is 5.82 Å². The Morgan fingerprint density at radius 1 is 1.44 bits per heavy atom. The van der Waals surface area contributed by atoms with E-state index in [2.05, 4.69) is 28.7 Å². The summed E-state index contributed by atoms with van der Waals surface area (Å²) in [5.74, 6) is 1.63. The summed E-state index contributed by atoms with van der Waals surface area (Å²) in [6.45, 7) is 5.97. The normalized spacial score (nSPS) is 15.5. The Bertz CT molecular complexity index is 347. The van der Waals surface area contributed by atoms with Gasteiger partial charge in [-0.25, -0.2) is 4.98 Å². The molecule has 0 bridgehead atoms. The van der Waals surface area contributed by atoms with Gasteiger partial charge in [0.05, 0.1) is 11.9 Å². The van der Waals surface area contributed by atoms with Crippen molar-refractivity contribution < 1.29 is 0 Å². The molecule has 1 aromatic heterocycles. The fraction of sp³-hybridized carbons (Fsp3) is 0.667. The van der Waals surface area contributed by atoms with Gasteiger partial charge in [0.1, 0.15) is 5.82 Å². The van der Waals surface area contributed by atoms with E-state index in [0.29, 0.717) is 18.5 Å². The van der Waals surface area contributed by atoms with Gasteiger partial charge in [0, 0.05) is 25.3 Å². The molecule has 1 aliphatic rings. The summed E-state index contributed by atoms with van der Waals surface area (Å²) in [7, 11) is 0. The van der Waals surface area contributed by atoms with Crippen LogP contribution in [0.5, 0.6) is 0 Å². The first-order valence-corrected chi connectivity index (χ1v) is 5.98. The summed E-state index contributed by atoms with van der Waals surface area (Å²) in [6.07, 6.45) is 6.15. The van der Waals surface area contributed by atoms with E-state index in [9.17, 15) is 0 Å². The largest absolute Gasteiger partial charge is 0.352 e. The molecular weight excluding hydrogens is 200 g/mol. The van der Waals surface area contributed by atoms with Gasteiger partial charge in [0.2, 0.25) is 0 Å². The molecule has 0 atom stereocenters. The Morgan fingerprint density at radius 3 is 2.75 bits per heavy atom. The van der Waals surface area contributed by atoms with Crippen molar-refractivity contribution in [3.63, 3.8) is 0 Å². The van der Waals surface area contributed by atoms with Crippen molar-refractivity contribution in [3.05, 3.63) is 18.1 Å². The fourth-order valence-electron chi connectivity index (χ4n) is 1.84. The van der Waals surface area contributed by atoms with Gasteiger partial charge in [-0.2, -0.15) is 0 Å². The van der Waals surface area contributed by atoms with Crippen LogP contribution in [0.1, 0.15) is 32.4 Å². The highest BCUT2D eigenvalue weighted by Crippen LogP contribution is 2.30. The number of aromatic nitrogens is 2. The smallest absolute Gasteiger partial charge is 0.147 e. The molecule has 4 heteroatoms. The average Bonchev–Trinajstić information content (AvgIpc) is 3.09. The van der Waals surface area contributed by atoms with Gasteiger partial charge >= 0.3 is 0 Å². The average molecular weight is 220 g/mol. The molecule has 0 aliphatic heterocycles. The monoisotopic (exact) mass is 220 g/mol. The molecule has 1 aliphatic carbocycles. The maximum absolute atomic E-state index is 5.59. The third-order valence-corrected chi connectivity index (χ3v) is 2.72. The number of rotatable bonds is 5.